The van der Waals surface area contributed by atoms with Gasteiger partial charge in [0.2, 0.25) is 5.91 Å². The van der Waals surface area contributed by atoms with Crippen molar-refractivity contribution in [1.82, 2.24) is 24.5 Å². The Morgan fingerprint density at radius 2 is 1.97 bits per heavy atom. The van der Waals surface area contributed by atoms with Gasteiger partial charge in [-0.1, -0.05) is 13.8 Å². The second-order valence-corrected chi connectivity index (χ2v) is 10.8. The molecule has 2 aromatic rings. The van der Waals surface area contributed by atoms with Crippen LogP contribution in [0.2, 0.25) is 0 Å². The van der Waals surface area contributed by atoms with Crippen LogP contribution in [0.3, 0.4) is 0 Å². The zero-order valence-corrected chi connectivity index (χ0v) is 18.0. The summed E-state index contributed by atoms with van der Waals surface area (Å²) in [7, 11) is -3.07. The van der Waals surface area contributed by atoms with E-state index in [2.05, 4.69) is 39.9 Å². The molecule has 2 saturated heterocycles. The number of piperidine rings is 1. The fourth-order valence-corrected chi connectivity index (χ4v) is 5.52. The van der Waals surface area contributed by atoms with Gasteiger partial charge in [0.1, 0.15) is 22.0 Å². The first-order valence-corrected chi connectivity index (χ1v) is 12.2. The van der Waals surface area contributed by atoms with Gasteiger partial charge in [-0.2, -0.15) is 14.6 Å². The topological polar surface area (TPSA) is 101 Å². The maximum Gasteiger partial charge on any atom is 0.254 e. The Balaban J connectivity index is 1.46. The van der Waals surface area contributed by atoms with Gasteiger partial charge in [0, 0.05) is 44.4 Å². The Hall–Kier alpha value is -2.23. The van der Waals surface area contributed by atoms with Crippen LogP contribution in [0.5, 0.6) is 0 Å². The smallest absolute Gasteiger partial charge is 0.254 e. The van der Waals surface area contributed by atoms with Gasteiger partial charge in [-0.05, 0) is 24.7 Å². The Morgan fingerprint density at radius 1 is 1.24 bits per heavy atom. The molecule has 4 rings (SSSR count). The molecule has 0 spiro atoms. The lowest BCUT2D eigenvalue weighted by molar-refractivity contribution is -0.130. The highest BCUT2D eigenvalue weighted by atomic mass is 32.2. The average molecular weight is 421 g/mol. The van der Waals surface area contributed by atoms with Crippen LogP contribution in [-0.4, -0.2) is 76.5 Å². The molecular formula is C19H28N6O3S. The van der Waals surface area contributed by atoms with Crippen LogP contribution in [0.4, 0.5) is 5.82 Å². The zero-order valence-electron chi connectivity index (χ0n) is 17.2. The fourth-order valence-electron chi connectivity index (χ4n) is 4.44. The van der Waals surface area contributed by atoms with Crippen molar-refractivity contribution in [1.29, 1.82) is 0 Å². The van der Waals surface area contributed by atoms with E-state index in [-0.39, 0.29) is 23.6 Å². The predicted octanol–water partition coefficient (Wildman–Crippen LogP) is 1.11. The first kappa shape index (κ1) is 20.1. The molecule has 2 aromatic heterocycles. The molecule has 2 aliphatic heterocycles. The Bertz CT molecular complexity index is 1010. The largest absolute Gasteiger partial charge is 0.356 e. The molecule has 0 N–H and O–H groups in total. The number of amides is 1. The lowest BCUT2D eigenvalue weighted by Crippen LogP contribution is -2.46. The number of hydrogen-bond acceptors (Lipinski definition) is 7. The molecule has 0 aliphatic carbocycles. The number of nitrogens with zero attached hydrogens (tertiary/aromatic N) is 6. The summed E-state index contributed by atoms with van der Waals surface area (Å²) in [6.45, 7) is 6.38. The van der Waals surface area contributed by atoms with Crippen LogP contribution in [0.15, 0.2) is 12.4 Å². The fraction of sp³-hybridized carbons (Fsp3) is 0.684. The van der Waals surface area contributed by atoms with E-state index in [1.165, 1.54) is 12.6 Å². The van der Waals surface area contributed by atoms with E-state index in [1.54, 1.807) is 4.52 Å². The summed E-state index contributed by atoms with van der Waals surface area (Å²) in [5.74, 6) is 1.97. The predicted molar refractivity (Wildman–Crippen MR) is 110 cm³/mol. The minimum absolute atomic E-state index is 0.0842. The van der Waals surface area contributed by atoms with Crippen LogP contribution >= 0.6 is 0 Å². The molecule has 29 heavy (non-hydrogen) atoms. The standard InChI is InChI=1S/C19H28N6O3S/c1-13(2)16-9-17(25-19(22-16)20-12-21-25)23-6-4-15(5-7-23)24-10-14(8-18(24)26)11-29(3,27)28/h9,12-15H,4-8,10-11H2,1-3H3. The zero-order chi connectivity index (χ0) is 20.8. The number of carbonyl (C=O) groups is 1. The van der Waals surface area contributed by atoms with Crippen molar-refractivity contribution in [3.05, 3.63) is 18.1 Å². The molecule has 0 bridgehead atoms. The van der Waals surface area contributed by atoms with E-state index >= 15 is 0 Å². The molecule has 158 valence electrons. The molecule has 1 unspecified atom stereocenters. The maximum atomic E-state index is 12.5. The van der Waals surface area contributed by atoms with Crippen molar-refractivity contribution in [2.45, 2.75) is 45.1 Å². The molecule has 10 heteroatoms. The highest BCUT2D eigenvalue weighted by molar-refractivity contribution is 7.90. The lowest BCUT2D eigenvalue weighted by Gasteiger charge is -2.38. The first-order valence-electron chi connectivity index (χ1n) is 10.1. The summed E-state index contributed by atoms with van der Waals surface area (Å²) in [5.41, 5.74) is 0.987. The SMILES string of the molecule is CC(C)c1cc(N2CCC(N3CC(CS(C)(=O)=O)CC3=O)CC2)n2ncnc2n1. The van der Waals surface area contributed by atoms with Crippen molar-refractivity contribution in [3.63, 3.8) is 0 Å². The monoisotopic (exact) mass is 420 g/mol. The molecule has 9 nitrogen and oxygen atoms in total. The quantitative estimate of drug-likeness (QED) is 0.714. The van der Waals surface area contributed by atoms with Crippen LogP contribution in [-0.2, 0) is 14.6 Å². The molecule has 2 aliphatic rings. The average Bonchev–Trinajstić information content (AvgIpc) is 3.25. The van der Waals surface area contributed by atoms with E-state index in [4.69, 9.17) is 0 Å². The molecule has 0 radical (unpaired) electrons. The number of sulfone groups is 1. The Morgan fingerprint density at radius 3 is 2.62 bits per heavy atom. The molecule has 1 amide bonds. The van der Waals surface area contributed by atoms with Crippen molar-refractivity contribution in [2.24, 2.45) is 5.92 Å². The normalized spacial score (nSPS) is 21.7. The van der Waals surface area contributed by atoms with Gasteiger partial charge in [0.25, 0.3) is 5.78 Å². The number of fused-ring (bicyclic) bond motifs is 1. The Labute approximate surface area is 171 Å². The third-order valence-electron chi connectivity index (χ3n) is 5.85. The molecule has 0 saturated carbocycles. The van der Waals surface area contributed by atoms with Gasteiger partial charge in [-0.15, -0.1) is 0 Å². The van der Waals surface area contributed by atoms with Crippen molar-refractivity contribution in [2.75, 3.05) is 36.5 Å². The van der Waals surface area contributed by atoms with Crippen LogP contribution < -0.4 is 4.90 Å². The van der Waals surface area contributed by atoms with Gasteiger partial charge in [-0.25, -0.2) is 13.4 Å². The Kier molecular flexibility index (Phi) is 5.22. The number of carbonyl (C=O) groups excluding carboxylic acids is 1. The molecule has 0 aromatic carbocycles. The third-order valence-corrected chi connectivity index (χ3v) is 6.93. The van der Waals surface area contributed by atoms with Gasteiger partial charge in [-0.3, -0.25) is 4.79 Å². The third kappa shape index (κ3) is 4.22. The second kappa shape index (κ2) is 7.55. The summed E-state index contributed by atoms with van der Waals surface area (Å²) < 4.78 is 24.9. The van der Waals surface area contributed by atoms with Crippen molar-refractivity contribution >= 4 is 27.3 Å². The highest BCUT2D eigenvalue weighted by Crippen LogP contribution is 2.29. The summed E-state index contributed by atoms with van der Waals surface area (Å²) in [4.78, 5) is 25.5. The van der Waals surface area contributed by atoms with Crippen molar-refractivity contribution < 1.29 is 13.2 Å². The van der Waals surface area contributed by atoms with Crippen LogP contribution in [0.1, 0.15) is 44.7 Å². The summed E-state index contributed by atoms with van der Waals surface area (Å²) in [6.07, 6.45) is 4.81. The number of hydrogen-bond donors (Lipinski definition) is 0. The molecule has 4 heterocycles. The van der Waals surface area contributed by atoms with E-state index in [0.717, 1.165) is 37.4 Å². The van der Waals surface area contributed by atoms with Gasteiger partial charge < -0.3 is 9.80 Å². The van der Waals surface area contributed by atoms with E-state index < -0.39 is 9.84 Å². The van der Waals surface area contributed by atoms with Gasteiger partial charge >= 0.3 is 0 Å². The first-order chi connectivity index (χ1) is 13.7. The van der Waals surface area contributed by atoms with E-state index in [9.17, 15) is 13.2 Å². The molecule has 1 atom stereocenters. The summed E-state index contributed by atoms with van der Waals surface area (Å²) in [6, 6.07) is 2.25. The second-order valence-electron chi connectivity index (χ2n) is 8.59. The molecule has 2 fully saturated rings. The van der Waals surface area contributed by atoms with Gasteiger partial charge in [0.15, 0.2) is 0 Å². The number of likely N-dealkylation sites (tertiary alicyclic amines) is 1. The van der Waals surface area contributed by atoms with Gasteiger partial charge in [0.05, 0.1) is 11.4 Å². The number of rotatable bonds is 5. The van der Waals surface area contributed by atoms with E-state index in [1.807, 2.05) is 4.90 Å². The minimum Gasteiger partial charge on any atom is -0.356 e. The van der Waals surface area contributed by atoms with Crippen LogP contribution in [0, 0.1) is 5.92 Å². The summed E-state index contributed by atoms with van der Waals surface area (Å²) >= 11 is 0. The highest BCUT2D eigenvalue weighted by Gasteiger charge is 2.37. The molecular weight excluding hydrogens is 392 g/mol. The lowest BCUT2D eigenvalue weighted by atomic mass is 10.0. The van der Waals surface area contributed by atoms with E-state index in [0.29, 0.717) is 24.7 Å². The number of aromatic nitrogens is 4. The van der Waals surface area contributed by atoms with Crippen LogP contribution in [0.25, 0.3) is 5.78 Å². The maximum absolute atomic E-state index is 12.5. The minimum atomic E-state index is -3.07. The summed E-state index contributed by atoms with van der Waals surface area (Å²) in [5, 5.41) is 4.33. The number of anilines is 1. The van der Waals surface area contributed by atoms with Crippen molar-refractivity contribution in [3.8, 4) is 0 Å².